The Labute approximate surface area is 140 Å². The molecule has 0 unspecified atom stereocenters. The molecule has 2 heterocycles. The first kappa shape index (κ1) is 16.0. The summed E-state index contributed by atoms with van der Waals surface area (Å²) < 4.78 is 1.60. The number of rotatable bonds is 4. The smallest absolute Gasteiger partial charge is 0.247 e. The highest BCUT2D eigenvalue weighted by Crippen LogP contribution is 2.15. The maximum atomic E-state index is 12.5. The average Bonchev–Trinajstić information content (AvgIpc) is 3.09. The highest BCUT2D eigenvalue weighted by molar-refractivity contribution is 6.30. The summed E-state index contributed by atoms with van der Waals surface area (Å²) in [6.45, 7) is 5.91. The molecule has 23 heavy (non-hydrogen) atoms. The van der Waals surface area contributed by atoms with E-state index in [-0.39, 0.29) is 11.9 Å². The Balaban J connectivity index is 1.53. The molecule has 0 radical (unpaired) electrons. The quantitative estimate of drug-likeness (QED) is 0.856. The predicted molar refractivity (Wildman–Crippen MR) is 88.0 cm³/mol. The van der Waals surface area contributed by atoms with E-state index in [0.717, 1.165) is 37.7 Å². The molecule has 1 fully saturated rings. The van der Waals surface area contributed by atoms with Gasteiger partial charge in [-0.3, -0.25) is 9.69 Å². The zero-order valence-corrected chi connectivity index (χ0v) is 13.9. The van der Waals surface area contributed by atoms with Crippen LogP contribution in [0.2, 0.25) is 5.02 Å². The van der Waals surface area contributed by atoms with Gasteiger partial charge in [-0.25, -0.2) is 9.67 Å². The van der Waals surface area contributed by atoms with Gasteiger partial charge in [-0.1, -0.05) is 23.7 Å². The van der Waals surface area contributed by atoms with Crippen LogP contribution in [0.4, 0.5) is 0 Å². The third-order valence-electron chi connectivity index (χ3n) is 4.17. The lowest BCUT2D eigenvalue weighted by molar-refractivity contribution is -0.136. The molecule has 1 atom stereocenters. The minimum Gasteiger partial charge on any atom is -0.338 e. The van der Waals surface area contributed by atoms with Crippen LogP contribution in [-0.2, 0) is 11.3 Å². The number of halogens is 1. The lowest BCUT2D eigenvalue weighted by atomic mass is 10.2. The first-order chi connectivity index (χ1) is 11.1. The molecule has 6 nitrogen and oxygen atoms in total. The number of piperazine rings is 1. The van der Waals surface area contributed by atoms with Crippen molar-refractivity contribution in [3.05, 3.63) is 47.5 Å². The number of hydrogen-bond donors (Lipinski definition) is 0. The Morgan fingerprint density at radius 2 is 2.09 bits per heavy atom. The van der Waals surface area contributed by atoms with E-state index in [1.54, 1.807) is 11.0 Å². The monoisotopic (exact) mass is 333 g/mol. The van der Waals surface area contributed by atoms with Crippen LogP contribution >= 0.6 is 11.6 Å². The molecule has 122 valence electrons. The number of benzene rings is 1. The Morgan fingerprint density at radius 1 is 1.30 bits per heavy atom. The normalized spacial score (nSPS) is 17.2. The third kappa shape index (κ3) is 3.89. The molecule has 0 saturated carbocycles. The maximum absolute atomic E-state index is 12.5. The van der Waals surface area contributed by atoms with Gasteiger partial charge in [0, 0.05) is 37.7 Å². The van der Waals surface area contributed by atoms with Crippen molar-refractivity contribution >= 4 is 17.5 Å². The van der Waals surface area contributed by atoms with Crippen LogP contribution in [0.1, 0.15) is 18.5 Å². The van der Waals surface area contributed by atoms with Gasteiger partial charge in [0.05, 0.1) is 0 Å². The molecular formula is C16H20ClN5O. The molecule has 1 amide bonds. The van der Waals surface area contributed by atoms with Crippen molar-refractivity contribution in [3.63, 3.8) is 0 Å². The molecular weight excluding hydrogens is 314 g/mol. The highest BCUT2D eigenvalue weighted by Gasteiger charge is 2.26. The maximum Gasteiger partial charge on any atom is 0.247 e. The fourth-order valence-corrected chi connectivity index (χ4v) is 3.03. The number of nitrogens with zero attached hydrogens (tertiary/aromatic N) is 5. The first-order valence-corrected chi connectivity index (χ1v) is 8.11. The van der Waals surface area contributed by atoms with Crippen LogP contribution in [-0.4, -0.2) is 56.7 Å². The summed E-state index contributed by atoms with van der Waals surface area (Å²) in [5.74, 6) is 0.0953. The molecule has 2 aromatic rings. The van der Waals surface area contributed by atoms with Crippen LogP contribution < -0.4 is 0 Å². The zero-order valence-electron chi connectivity index (χ0n) is 13.1. The standard InChI is InChI=1S/C16H20ClN5O/c1-13(22-12-18-11-19-22)16(23)21-7-5-20(6-8-21)10-14-3-2-4-15(17)9-14/h2-4,9,11-13H,5-8,10H2,1H3/t13-/m1/s1. The third-order valence-corrected chi connectivity index (χ3v) is 4.41. The number of carbonyl (C=O) groups excluding carboxylic acids is 1. The first-order valence-electron chi connectivity index (χ1n) is 7.73. The Morgan fingerprint density at radius 3 is 2.74 bits per heavy atom. The largest absolute Gasteiger partial charge is 0.338 e. The summed E-state index contributed by atoms with van der Waals surface area (Å²) in [6.07, 6.45) is 3.03. The van der Waals surface area contributed by atoms with Crippen molar-refractivity contribution < 1.29 is 4.79 Å². The van der Waals surface area contributed by atoms with Crippen molar-refractivity contribution in [2.24, 2.45) is 0 Å². The van der Waals surface area contributed by atoms with Crippen molar-refractivity contribution in [2.45, 2.75) is 19.5 Å². The Bertz CT molecular complexity index is 652. The Hall–Kier alpha value is -1.92. The minimum atomic E-state index is -0.308. The molecule has 0 spiro atoms. The summed E-state index contributed by atoms with van der Waals surface area (Å²) in [7, 11) is 0. The lowest BCUT2D eigenvalue weighted by Crippen LogP contribution is -2.49. The van der Waals surface area contributed by atoms with Gasteiger partial charge < -0.3 is 4.90 Å². The van der Waals surface area contributed by atoms with Gasteiger partial charge in [0.25, 0.3) is 0 Å². The summed E-state index contributed by atoms with van der Waals surface area (Å²) >= 11 is 6.03. The van der Waals surface area contributed by atoms with Gasteiger partial charge in [0.1, 0.15) is 18.7 Å². The molecule has 0 bridgehead atoms. The fraction of sp³-hybridized carbons (Fsp3) is 0.438. The molecule has 0 aliphatic carbocycles. The molecule has 1 aromatic carbocycles. The average molecular weight is 334 g/mol. The van der Waals surface area contributed by atoms with Gasteiger partial charge >= 0.3 is 0 Å². The fourth-order valence-electron chi connectivity index (χ4n) is 2.81. The predicted octanol–water partition coefficient (Wildman–Crippen LogP) is 1.84. The number of aromatic nitrogens is 3. The van der Waals surface area contributed by atoms with Crippen LogP contribution in [0.15, 0.2) is 36.9 Å². The summed E-state index contributed by atoms with van der Waals surface area (Å²) in [6, 6.07) is 7.61. The van der Waals surface area contributed by atoms with E-state index in [9.17, 15) is 4.79 Å². The molecule has 0 N–H and O–H groups in total. The van der Waals surface area contributed by atoms with E-state index in [1.807, 2.05) is 30.0 Å². The van der Waals surface area contributed by atoms with Crippen LogP contribution in [0.3, 0.4) is 0 Å². The van der Waals surface area contributed by atoms with Crippen LogP contribution in [0.5, 0.6) is 0 Å². The van der Waals surface area contributed by atoms with Crippen LogP contribution in [0, 0.1) is 0 Å². The molecule has 1 saturated heterocycles. The number of amides is 1. The van der Waals surface area contributed by atoms with Gasteiger partial charge in [-0.15, -0.1) is 0 Å². The Kier molecular flexibility index (Phi) is 4.93. The van der Waals surface area contributed by atoms with Crippen molar-refractivity contribution in [1.82, 2.24) is 24.6 Å². The molecule has 1 aliphatic rings. The van der Waals surface area contributed by atoms with Crippen LogP contribution in [0.25, 0.3) is 0 Å². The molecule has 3 rings (SSSR count). The molecule has 7 heteroatoms. The second-order valence-electron chi connectivity index (χ2n) is 5.78. The topological polar surface area (TPSA) is 54.3 Å². The minimum absolute atomic E-state index is 0.0953. The summed E-state index contributed by atoms with van der Waals surface area (Å²) in [5, 5.41) is 4.81. The molecule has 1 aliphatic heterocycles. The second-order valence-corrected chi connectivity index (χ2v) is 6.22. The summed E-state index contributed by atoms with van der Waals surface area (Å²) in [4.78, 5) is 20.7. The highest BCUT2D eigenvalue weighted by atomic mass is 35.5. The van der Waals surface area contributed by atoms with E-state index < -0.39 is 0 Å². The van der Waals surface area contributed by atoms with Crippen molar-refractivity contribution in [2.75, 3.05) is 26.2 Å². The van der Waals surface area contributed by atoms with Crippen molar-refractivity contribution in [1.29, 1.82) is 0 Å². The SMILES string of the molecule is C[C@H](C(=O)N1CCN(Cc2cccc(Cl)c2)CC1)n1cncn1. The lowest BCUT2D eigenvalue weighted by Gasteiger charge is -2.35. The van der Waals surface area contributed by atoms with E-state index in [0.29, 0.717) is 0 Å². The van der Waals surface area contributed by atoms with Gasteiger partial charge in [-0.2, -0.15) is 5.10 Å². The van der Waals surface area contributed by atoms with Gasteiger partial charge in [0.2, 0.25) is 5.91 Å². The number of hydrogen-bond acceptors (Lipinski definition) is 4. The molecule has 1 aromatic heterocycles. The number of carbonyl (C=O) groups is 1. The van der Waals surface area contributed by atoms with Gasteiger partial charge in [0.15, 0.2) is 0 Å². The zero-order chi connectivity index (χ0) is 16.2. The van der Waals surface area contributed by atoms with Gasteiger partial charge in [-0.05, 0) is 24.6 Å². The second kappa shape index (κ2) is 7.10. The van der Waals surface area contributed by atoms with E-state index in [2.05, 4.69) is 21.0 Å². The van der Waals surface area contributed by atoms with E-state index in [4.69, 9.17) is 11.6 Å². The van der Waals surface area contributed by atoms with E-state index >= 15 is 0 Å². The van der Waals surface area contributed by atoms with E-state index in [1.165, 1.54) is 11.9 Å². The van der Waals surface area contributed by atoms with Crippen molar-refractivity contribution in [3.8, 4) is 0 Å². The summed E-state index contributed by atoms with van der Waals surface area (Å²) in [5.41, 5.74) is 1.20.